The van der Waals surface area contributed by atoms with E-state index in [1.54, 1.807) is 24.7 Å². The van der Waals surface area contributed by atoms with E-state index in [1.165, 1.54) is 17.2 Å². The number of aromatic nitrogens is 2. The van der Waals surface area contributed by atoms with E-state index in [0.29, 0.717) is 6.61 Å². The van der Waals surface area contributed by atoms with Crippen LogP contribution in [0.4, 0.5) is 5.69 Å². The van der Waals surface area contributed by atoms with Crippen LogP contribution in [0.25, 0.3) is 6.08 Å². The average Bonchev–Trinajstić information content (AvgIpc) is 2.85. The summed E-state index contributed by atoms with van der Waals surface area (Å²) in [4.78, 5) is 20.5. The maximum absolute atomic E-state index is 12.3. The number of carbonyl (C=O) groups is 1. The number of anilines is 1. The Hall–Kier alpha value is -4.25. The van der Waals surface area contributed by atoms with E-state index in [0.717, 1.165) is 29.1 Å². The monoisotopic (exact) mass is 421 g/mol. The normalized spacial score (nSPS) is 10.8. The fourth-order valence-electron chi connectivity index (χ4n) is 3.11. The molecular formula is C27H23N3O2. The molecule has 1 amide bonds. The zero-order chi connectivity index (χ0) is 22.0. The highest BCUT2D eigenvalue weighted by Crippen LogP contribution is 2.16. The predicted molar refractivity (Wildman–Crippen MR) is 126 cm³/mol. The largest absolute Gasteiger partial charge is 0.487 e. The molecular weight excluding hydrogens is 398 g/mol. The number of rotatable bonds is 8. The SMILES string of the molecule is O=C(/C=C/c1ccc(OCc2ccccn2)cc1)Nc1ccc(Cc2ccncc2)cc1. The molecule has 0 saturated carbocycles. The van der Waals surface area contributed by atoms with Gasteiger partial charge in [-0.1, -0.05) is 30.3 Å². The molecule has 2 aromatic heterocycles. The van der Waals surface area contributed by atoms with Crippen LogP contribution in [0.15, 0.2) is 104 Å². The van der Waals surface area contributed by atoms with Gasteiger partial charge in [-0.25, -0.2) is 0 Å². The second kappa shape index (κ2) is 10.7. The minimum atomic E-state index is -0.178. The summed E-state index contributed by atoms with van der Waals surface area (Å²) in [6.45, 7) is 0.416. The number of nitrogens with one attached hydrogen (secondary N) is 1. The number of hydrogen-bond donors (Lipinski definition) is 1. The standard InChI is InChI=1S/C27H23N3O2/c31-27(30-24-9-4-22(5-10-24)19-23-14-17-28-18-15-23)13-8-21-6-11-26(12-7-21)32-20-25-3-1-2-16-29-25/h1-18H,19-20H2,(H,30,31)/b13-8+. The number of benzene rings is 2. The summed E-state index contributed by atoms with van der Waals surface area (Å²) in [6.07, 6.45) is 9.45. The first kappa shape index (κ1) is 21.0. The van der Waals surface area contributed by atoms with Gasteiger partial charge in [0.2, 0.25) is 5.91 Å². The highest BCUT2D eigenvalue weighted by Gasteiger charge is 2.01. The van der Waals surface area contributed by atoms with Crippen molar-refractivity contribution in [3.8, 4) is 5.75 Å². The summed E-state index contributed by atoms with van der Waals surface area (Å²) in [5.74, 6) is 0.575. The molecule has 4 aromatic rings. The van der Waals surface area contributed by atoms with Gasteiger partial charge in [-0.05, 0) is 77.7 Å². The molecule has 0 spiro atoms. The van der Waals surface area contributed by atoms with Crippen LogP contribution in [0.2, 0.25) is 0 Å². The summed E-state index contributed by atoms with van der Waals surface area (Å²) < 4.78 is 5.73. The summed E-state index contributed by atoms with van der Waals surface area (Å²) >= 11 is 0. The van der Waals surface area contributed by atoms with E-state index in [-0.39, 0.29) is 5.91 Å². The number of nitrogens with zero attached hydrogens (tertiary/aromatic N) is 2. The lowest BCUT2D eigenvalue weighted by molar-refractivity contribution is -0.111. The Labute approximate surface area is 187 Å². The van der Waals surface area contributed by atoms with Crippen molar-refractivity contribution in [2.75, 3.05) is 5.32 Å². The first-order valence-corrected chi connectivity index (χ1v) is 10.3. The third kappa shape index (κ3) is 6.37. The highest BCUT2D eigenvalue weighted by molar-refractivity contribution is 6.01. The summed E-state index contributed by atoms with van der Waals surface area (Å²) in [6, 6.07) is 25.2. The number of ether oxygens (including phenoxy) is 1. The van der Waals surface area contributed by atoms with Gasteiger partial charge in [-0.3, -0.25) is 14.8 Å². The Morgan fingerprint density at radius 1 is 0.844 bits per heavy atom. The van der Waals surface area contributed by atoms with Crippen molar-refractivity contribution in [3.05, 3.63) is 126 Å². The van der Waals surface area contributed by atoms with Gasteiger partial charge in [-0.2, -0.15) is 0 Å². The average molecular weight is 422 g/mol. The lowest BCUT2D eigenvalue weighted by atomic mass is 10.1. The number of carbonyl (C=O) groups excluding carboxylic acids is 1. The quantitative estimate of drug-likeness (QED) is 0.392. The van der Waals surface area contributed by atoms with Crippen LogP contribution < -0.4 is 10.1 Å². The van der Waals surface area contributed by atoms with E-state index in [4.69, 9.17) is 4.74 Å². The van der Waals surface area contributed by atoms with Gasteiger partial charge in [0.15, 0.2) is 0 Å². The smallest absolute Gasteiger partial charge is 0.248 e. The Morgan fingerprint density at radius 3 is 2.31 bits per heavy atom. The first-order chi connectivity index (χ1) is 15.7. The first-order valence-electron chi connectivity index (χ1n) is 10.3. The molecule has 32 heavy (non-hydrogen) atoms. The van der Waals surface area contributed by atoms with Crippen molar-refractivity contribution in [2.45, 2.75) is 13.0 Å². The molecule has 1 N–H and O–H groups in total. The van der Waals surface area contributed by atoms with Crippen molar-refractivity contribution in [1.82, 2.24) is 9.97 Å². The molecule has 5 nitrogen and oxygen atoms in total. The van der Waals surface area contributed by atoms with Crippen LogP contribution >= 0.6 is 0 Å². The van der Waals surface area contributed by atoms with Crippen molar-refractivity contribution >= 4 is 17.7 Å². The van der Waals surface area contributed by atoms with Gasteiger partial charge >= 0.3 is 0 Å². The maximum atomic E-state index is 12.3. The molecule has 2 aromatic carbocycles. The van der Waals surface area contributed by atoms with Crippen LogP contribution in [0.3, 0.4) is 0 Å². The molecule has 0 aliphatic rings. The molecule has 0 unspecified atom stereocenters. The van der Waals surface area contributed by atoms with Crippen molar-refractivity contribution in [3.63, 3.8) is 0 Å². The molecule has 5 heteroatoms. The molecule has 0 aliphatic carbocycles. The van der Waals surface area contributed by atoms with Crippen molar-refractivity contribution in [1.29, 1.82) is 0 Å². The van der Waals surface area contributed by atoms with E-state index in [9.17, 15) is 4.79 Å². The predicted octanol–water partition coefficient (Wildman–Crippen LogP) is 5.30. The van der Waals surface area contributed by atoms with Crippen LogP contribution in [0, 0.1) is 0 Å². The maximum Gasteiger partial charge on any atom is 0.248 e. The molecule has 0 saturated heterocycles. The molecule has 0 fully saturated rings. The summed E-state index contributed by atoms with van der Waals surface area (Å²) in [5.41, 5.74) is 4.93. The summed E-state index contributed by atoms with van der Waals surface area (Å²) in [5, 5.41) is 2.89. The fraction of sp³-hybridized carbons (Fsp3) is 0.0741. The lowest BCUT2D eigenvalue weighted by Gasteiger charge is -2.06. The van der Waals surface area contributed by atoms with Gasteiger partial charge in [0.25, 0.3) is 0 Å². The van der Waals surface area contributed by atoms with Gasteiger partial charge < -0.3 is 10.1 Å². The Balaban J connectivity index is 1.26. The summed E-state index contributed by atoms with van der Waals surface area (Å²) in [7, 11) is 0. The number of amides is 1. The fourth-order valence-corrected chi connectivity index (χ4v) is 3.11. The van der Waals surface area contributed by atoms with E-state index in [2.05, 4.69) is 15.3 Å². The molecule has 0 radical (unpaired) electrons. The molecule has 2 heterocycles. The highest BCUT2D eigenvalue weighted by atomic mass is 16.5. The van der Waals surface area contributed by atoms with Gasteiger partial charge in [0.1, 0.15) is 12.4 Å². The lowest BCUT2D eigenvalue weighted by Crippen LogP contribution is -2.07. The van der Waals surface area contributed by atoms with Crippen LogP contribution in [-0.2, 0) is 17.8 Å². The van der Waals surface area contributed by atoms with Crippen LogP contribution in [0.1, 0.15) is 22.4 Å². The Kier molecular flexibility index (Phi) is 7.01. The van der Waals surface area contributed by atoms with Crippen molar-refractivity contribution < 1.29 is 9.53 Å². The zero-order valence-corrected chi connectivity index (χ0v) is 17.5. The van der Waals surface area contributed by atoms with E-state index >= 15 is 0 Å². The minimum absolute atomic E-state index is 0.178. The van der Waals surface area contributed by atoms with Crippen molar-refractivity contribution in [2.24, 2.45) is 0 Å². The van der Waals surface area contributed by atoms with Crippen LogP contribution in [0.5, 0.6) is 5.75 Å². The second-order valence-corrected chi connectivity index (χ2v) is 7.23. The molecule has 0 bridgehead atoms. The molecule has 0 atom stereocenters. The molecule has 4 rings (SSSR count). The third-order valence-corrected chi connectivity index (χ3v) is 4.80. The van der Waals surface area contributed by atoms with Gasteiger partial charge in [-0.15, -0.1) is 0 Å². The second-order valence-electron chi connectivity index (χ2n) is 7.23. The minimum Gasteiger partial charge on any atom is -0.487 e. The Morgan fingerprint density at radius 2 is 1.59 bits per heavy atom. The van der Waals surface area contributed by atoms with Gasteiger partial charge in [0.05, 0.1) is 5.69 Å². The molecule has 0 aliphatic heterocycles. The van der Waals surface area contributed by atoms with E-state index in [1.807, 2.05) is 78.9 Å². The topological polar surface area (TPSA) is 64.1 Å². The third-order valence-electron chi connectivity index (χ3n) is 4.80. The zero-order valence-electron chi connectivity index (χ0n) is 17.5. The number of pyridine rings is 2. The van der Waals surface area contributed by atoms with E-state index < -0.39 is 0 Å². The molecule has 158 valence electrons. The van der Waals surface area contributed by atoms with Crippen LogP contribution in [-0.4, -0.2) is 15.9 Å². The van der Waals surface area contributed by atoms with Gasteiger partial charge in [0, 0.05) is 30.4 Å². The Bertz CT molecular complexity index is 1160. The number of hydrogen-bond acceptors (Lipinski definition) is 4.